The van der Waals surface area contributed by atoms with E-state index in [1.54, 1.807) is 0 Å². The van der Waals surface area contributed by atoms with E-state index in [2.05, 4.69) is 32.1 Å². The first-order valence-electron chi connectivity index (χ1n) is 21.8. The SMILES string of the molecule is CCCCCCCCCCC=CCC=CCCC(=O)OC(COCCCCCCCCCCCCCCCCCCCC)COP(=O)(O)OCCN. The Bertz CT molecular complexity index is 853. The number of ether oxygens (including phenoxy) is 2. The quantitative estimate of drug-likeness (QED) is 0.0273. The van der Waals surface area contributed by atoms with Crippen LogP contribution in [-0.4, -0.2) is 49.9 Å². The molecule has 0 aromatic carbocycles. The van der Waals surface area contributed by atoms with Crippen molar-refractivity contribution < 1.29 is 32.8 Å². The van der Waals surface area contributed by atoms with Crippen LogP contribution in [0.1, 0.15) is 206 Å². The predicted molar refractivity (Wildman–Crippen MR) is 220 cm³/mol. The first-order valence-corrected chi connectivity index (χ1v) is 23.3. The summed E-state index contributed by atoms with van der Waals surface area (Å²) in [5, 5.41) is 0. The first kappa shape index (κ1) is 51.0. The third-order valence-electron chi connectivity index (χ3n) is 9.38. The van der Waals surface area contributed by atoms with Gasteiger partial charge in [0.05, 0.1) is 19.8 Å². The van der Waals surface area contributed by atoms with Gasteiger partial charge < -0.3 is 20.1 Å². The van der Waals surface area contributed by atoms with Crippen molar-refractivity contribution in [3.63, 3.8) is 0 Å². The lowest BCUT2D eigenvalue weighted by Crippen LogP contribution is -2.28. The largest absolute Gasteiger partial charge is 0.472 e. The van der Waals surface area contributed by atoms with Crippen molar-refractivity contribution in [2.45, 2.75) is 213 Å². The minimum Gasteiger partial charge on any atom is -0.457 e. The van der Waals surface area contributed by atoms with E-state index in [0.29, 0.717) is 13.0 Å². The van der Waals surface area contributed by atoms with Gasteiger partial charge in [0.25, 0.3) is 0 Å². The van der Waals surface area contributed by atoms with E-state index < -0.39 is 19.9 Å². The lowest BCUT2D eigenvalue weighted by atomic mass is 10.0. The third-order valence-corrected chi connectivity index (χ3v) is 10.4. The van der Waals surface area contributed by atoms with E-state index in [1.807, 2.05) is 6.08 Å². The number of unbranched alkanes of at least 4 members (excludes halogenated alkanes) is 25. The summed E-state index contributed by atoms with van der Waals surface area (Å²) < 4.78 is 33.3. The van der Waals surface area contributed by atoms with Gasteiger partial charge in [-0.15, -0.1) is 0 Å². The van der Waals surface area contributed by atoms with E-state index >= 15 is 0 Å². The second kappa shape index (κ2) is 41.1. The molecule has 0 radical (unpaired) electrons. The van der Waals surface area contributed by atoms with Crippen LogP contribution < -0.4 is 5.73 Å². The summed E-state index contributed by atoms with van der Waals surface area (Å²) in [6.07, 6.45) is 45.0. The molecule has 2 unspecified atom stereocenters. The second-order valence-electron chi connectivity index (χ2n) is 14.6. The number of hydrogen-bond acceptors (Lipinski definition) is 7. The van der Waals surface area contributed by atoms with Crippen LogP contribution in [0.3, 0.4) is 0 Å². The van der Waals surface area contributed by atoms with Crippen LogP contribution in [0, 0.1) is 0 Å². The molecule has 0 heterocycles. The molecule has 0 amide bonds. The minimum absolute atomic E-state index is 0.0946. The summed E-state index contributed by atoms with van der Waals surface area (Å²) in [6.45, 7) is 4.88. The summed E-state index contributed by atoms with van der Waals surface area (Å²) in [7, 11) is -4.28. The molecule has 0 bridgehead atoms. The van der Waals surface area contributed by atoms with Crippen LogP contribution in [0.5, 0.6) is 0 Å². The molecule has 0 aliphatic rings. The highest BCUT2D eigenvalue weighted by Gasteiger charge is 2.25. The maximum Gasteiger partial charge on any atom is 0.472 e. The molecule has 0 rings (SSSR count). The molecule has 0 aromatic heterocycles. The molecule has 9 heteroatoms. The van der Waals surface area contributed by atoms with Crippen molar-refractivity contribution >= 4 is 13.8 Å². The maximum absolute atomic E-state index is 12.5. The summed E-state index contributed by atoms with van der Waals surface area (Å²) in [5.41, 5.74) is 5.36. The Morgan fingerprint density at radius 2 is 1.02 bits per heavy atom. The topological polar surface area (TPSA) is 117 Å². The van der Waals surface area contributed by atoms with Crippen molar-refractivity contribution in [2.24, 2.45) is 5.73 Å². The lowest BCUT2D eigenvalue weighted by molar-refractivity contribution is -0.154. The molecule has 0 saturated carbocycles. The zero-order chi connectivity index (χ0) is 38.1. The molecule has 0 aliphatic carbocycles. The second-order valence-corrected chi connectivity index (χ2v) is 16.0. The number of carbonyl (C=O) groups excluding carboxylic acids is 1. The molecule has 52 heavy (non-hydrogen) atoms. The molecule has 0 spiro atoms. The van der Waals surface area contributed by atoms with Crippen LogP contribution in [-0.2, 0) is 27.9 Å². The fraction of sp³-hybridized carbons (Fsp3) is 0.884. The van der Waals surface area contributed by atoms with Crippen molar-refractivity contribution in [3.05, 3.63) is 24.3 Å². The van der Waals surface area contributed by atoms with Gasteiger partial charge in [-0.25, -0.2) is 4.57 Å². The molecule has 308 valence electrons. The van der Waals surface area contributed by atoms with E-state index in [1.165, 1.54) is 154 Å². The first-order chi connectivity index (χ1) is 25.4. The number of esters is 1. The Morgan fingerprint density at radius 1 is 0.577 bits per heavy atom. The summed E-state index contributed by atoms with van der Waals surface area (Å²) in [5.74, 6) is -0.393. The highest BCUT2D eigenvalue weighted by atomic mass is 31.2. The molecule has 0 aliphatic heterocycles. The molecule has 8 nitrogen and oxygen atoms in total. The Labute approximate surface area is 321 Å². The summed E-state index contributed by atoms with van der Waals surface area (Å²) in [6, 6.07) is 0. The number of nitrogens with two attached hydrogens (primary N) is 1. The van der Waals surface area contributed by atoms with Crippen molar-refractivity contribution in [1.29, 1.82) is 0 Å². The number of phosphoric ester groups is 1. The van der Waals surface area contributed by atoms with Gasteiger partial charge in [0.15, 0.2) is 0 Å². The molecule has 0 fully saturated rings. The van der Waals surface area contributed by atoms with Crippen molar-refractivity contribution in [2.75, 3.05) is 33.0 Å². The van der Waals surface area contributed by atoms with Gasteiger partial charge in [0, 0.05) is 19.6 Å². The molecule has 2 atom stereocenters. The Hall–Kier alpha value is -1.02. The van der Waals surface area contributed by atoms with E-state index in [-0.39, 0.29) is 32.8 Å². The van der Waals surface area contributed by atoms with Gasteiger partial charge >= 0.3 is 13.8 Å². The standard InChI is InChI=1S/C43H84NO7P/c1-3-5-7-9-11-13-15-17-19-20-21-23-25-27-29-31-33-35-38-48-40-42(41-50-52(46,47)49-39-37-44)51-43(45)36-34-32-30-28-26-24-22-18-16-14-12-10-8-6-4-2/h24,26,30,32,42H,3-23,25,27-29,31,33-41,44H2,1-2H3,(H,46,47). The van der Waals surface area contributed by atoms with Crippen molar-refractivity contribution in [1.82, 2.24) is 0 Å². The average Bonchev–Trinajstić information content (AvgIpc) is 3.13. The number of hydrogen-bond donors (Lipinski definition) is 2. The monoisotopic (exact) mass is 758 g/mol. The average molecular weight is 758 g/mol. The molecular weight excluding hydrogens is 673 g/mol. The van der Waals surface area contributed by atoms with E-state index in [9.17, 15) is 14.3 Å². The maximum atomic E-state index is 12.5. The molecular formula is C43H84NO7P. The highest BCUT2D eigenvalue weighted by Crippen LogP contribution is 2.43. The predicted octanol–water partition coefficient (Wildman–Crippen LogP) is 12.9. The minimum atomic E-state index is -4.28. The third kappa shape index (κ3) is 40.2. The van der Waals surface area contributed by atoms with Crippen LogP contribution in [0.15, 0.2) is 24.3 Å². The Balaban J connectivity index is 4.05. The Kier molecular flexibility index (Phi) is 40.3. The van der Waals surface area contributed by atoms with Crippen LogP contribution in [0.4, 0.5) is 0 Å². The van der Waals surface area contributed by atoms with Crippen LogP contribution in [0.2, 0.25) is 0 Å². The zero-order valence-electron chi connectivity index (χ0n) is 34.1. The van der Waals surface area contributed by atoms with Crippen LogP contribution >= 0.6 is 7.82 Å². The molecule has 3 N–H and O–H groups in total. The van der Waals surface area contributed by atoms with Gasteiger partial charge in [0.2, 0.25) is 0 Å². The normalized spacial score (nSPS) is 13.7. The number of rotatable bonds is 42. The van der Waals surface area contributed by atoms with Gasteiger partial charge in [0.1, 0.15) is 6.10 Å². The molecule has 0 saturated heterocycles. The summed E-state index contributed by atoms with van der Waals surface area (Å²) in [4.78, 5) is 22.4. The lowest BCUT2D eigenvalue weighted by Gasteiger charge is -2.20. The number of allylic oxidation sites excluding steroid dienone is 4. The molecule has 0 aromatic rings. The summed E-state index contributed by atoms with van der Waals surface area (Å²) >= 11 is 0. The number of phosphoric acid groups is 1. The number of carbonyl (C=O) groups is 1. The van der Waals surface area contributed by atoms with Gasteiger partial charge in [-0.05, 0) is 32.1 Å². The van der Waals surface area contributed by atoms with Crippen LogP contribution in [0.25, 0.3) is 0 Å². The smallest absolute Gasteiger partial charge is 0.457 e. The zero-order valence-corrected chi connectivity index (χ0v) is 35.0. The van der Waals surface area contributed by atoms with E-state index in [4.69, 9.17) is 24.3 Å². The van der Waals surface area contributed by atoms with E-state index in [0.717, 1.165) is 25.7 Å². The van der Waals surface area contributed by atoms with Crippen molar-refractivity contribution in [3.8, 4) is 0 Å². The van der Waals surface area contributed by atoms with Gasteiger partial charge in [-0.1, -0.05) is 192 Å². The fourth-order valence-electron chi connectivity index (χ4n) is 6.17. The van der Waals surface area contributed by atoms with Gasteiger partial charge in [-0.3, -0.25) is 13.8 Å². The van der Waals surface area contributed by atoms with Gasteiger partial charge in [-0.2, -0.15) is 0 Å². The fourth-order valence-corrected chi connectivity index (χ4v) is 6.93. The Morgan fingerprint density at radius 3 is 1.50 bits per heavy atom. The highest BCUT2D eigenvalue weighted by molar-refractivity contribution is 7.47.